The molecule has 0 unspecified atom stereocenters. The van der Waals surface area contributed by atoms with Crippen molar-refractivity contribution in [2.45, 2.75) is 44.2 Å². The van der Waals surface area contributed by atoms with Gasteiger partial charge < -0.3 is 10.4 Å². The fraction of sp³-hybridized carbons (Fsp3) is 0.667. The third kappa shape index (κ3) is 3.45. The van der Waals surface area contributed by atoms with Crippen LogP contribution in [-0.2, 0) is 6.54 Å². The van der Waals surface area contributed by atoms with Crippen molar-refractivity contribution in [2.24, 2.45) is 0 Å². The van der Waals surface area contributed by atoms with Crippen molar-refractivity contribution in [1.82, 2.24) is 5.32 Å². The van der Waals surface area contributed by atoms with E-state index in [-0.39, 0.29) is 0 Å². The van der Waals surface area contributed by atoms with Crippen molar-refractivity contribution in [2.75, 3.05) is 6.54 Å². The van der Waals surface area contributed by atoms with E-state index in [4.69, 9.17) is 11.6 Å². The highest BCUT2D eigenvalue weighted by Gasteiger charge is 2.28. The Bertz CT molecular complexity index is 334. The lowest BCUT2D eigenvalue weighted by atomic mass is 9.85. The van der Waals surface area contributed by atoms with Gasteiger partial charge in [0, 0.05) is 18.0 Å². The van der Waals surface area contributed by atoms with Crippen LogP contribution in [0, 0.1) is 0 Å². The smallest absolute Gasteiger partial charge is 0.0931 e. The van der Waals surface area contributed by atoms with E-state index in [0.717, 1.165) is 36.6 Å². The molecule has 1 aliphatic rings. The monoisotopic (exact) mass is 259 g/mol. The summed E-state index contributed by atoms with van der Waals surface area (Å²) in [6.07, 6.45) is 5.45. The number of halogens is 1. The lowest BCUT2D eigenvalue weighted by molar-refractivity contribution is 0.00472. The van der Waals surface area contributed by atoms with E-state index in [1.54, 1.807) is 11.3 Å². The van der Waals surface area contributed by atoms with Gasteiger partial charge >= 0.3 is 0 Å². The Morgan fingerprint density at radius 2 is 2.06 bits per heavy atom. The normalized spacial score (nSPS) is 19.9. The first-order valence-electron chi connectivity index (χ1n) is 5.85. The largest absolute Gasteiger partial charge is 0.389 e. The lowest BCUT2D eigenvalue weighted by Crippen LogP contribution is -2.41. The van der Waals surface area contributed by atoms with Gasteiger partial charge in [-0.2, -0.15) is 0 Å². The van der Waals surface area contributed by atoms with Crippen molar-refractivity contribution < 1.29 is 5.11 Å². The lowest BCUT2D eigenvalue weighted by Gasteiger charge is -2.32. The molecule has 0 aliphatic heterocycles. The summed E-state index contributed by atoms with van der Waals surface area (Å²) in [5, 5.41) is 13.6. The molecule has 0 amide bonds. The van der Waals surface area contributed by atoms with E-state index in [9.17, 15) is 5.11 Å². The first kappa shape index (κ1) is 12.4. The first-order chi connectivity index (χ1) is 7.68. The van der Waals surface area contributed by atoms with E-state index < -0.39 is 5.60 Å². The SMILES string of the molecule is OC1(CNCc2ccc(Cl)s2)CCCCC1. The number of hydrogen-bond donors (Lipinski definition) is 2. The average molecular weight is 260 g/mol. The summed E-state index contributed by atoms with van der Waals surface area (Å²) in [4.78, 5) is 1.23. The Labute approximate surface area is 106 Å². The fourth-order valence-electron chi connectivity index (χ4n) is 2.25. The highest BCUT2D eigenvalue weighted by Crippen LogP contribution is 2.27. The van der Waals surface area contributed by atoms with Gasteiger partial charge in [-0.1, -0.05) is 30.9 Å². The minimum absolute atomic E-state index is 0.473. The number of hydrogen-bond acceptors (Lipinski definition) is 3. The van der Waals surface area contributed by atoms with Gasteiger partial charge in [0.1, 0.15) is 0 Å². The second-order valence-corrected chi connectivity index (χ2v) is 6.39. The average Bonchev–Trinajstić information content (AvgIpc) is 2.65. The van der Waals surface area contributed by atoms with Gasteiger partial charge in [0.15, 0.2) is 0 Å². The van der Waals surface area contributed by atoms with Gasteiger partial charge in [0.2, 0.25) is 0 Å². The zero-order chi connectivity index (χ0) is 11.4. The summed E-state index contributed by atoms with van der Waals surface area (Å²) >= 11 is 7.45. The molecule has 0 radical (unpaired) electrons. The van der Waals surface area contributed by atoms with Gasteiger partial charge in [0.05, 0.1) is 9.94 Å². The quantitative estimate of drug-likeness (QED) is 0.871. The topological polar surface area (TPSA) is 32.3 Å². The van der Waals surface area contributed by atoms with Gasteiger partial charge in [-0.3, -0.25) is 0 Å². The third-order valence-corrected chi connectivity index (χ3v) is 4.40. The van der Waals surface area contributed by atoms with Crippen LogP contribution in [0.3, 0.4) is 0 Å². The Morgan fingerprint density at radius 3 is 2.69 bits per heavy atom. The van der Waals surface area contributed by atoms with E-state index in [1.165, 1.54) is 11.3 Å². The van der Waals surface area contributed by atoms with Gasteiger partial charge in [-0.15, -0.1) is 11.3 Å². The van der Waals surface area contributed by atoms with Crippen LogP contribution in [-0.4, -0.2) is 17.3 Å². The molecule has 0 spiro atoms. The molecule has 1 aliphatic carbocycles. The van der Waals surface area contributed by atoms with Gasteiger partial charge in [0.25, 0.3) is 0 Å². The summed E-state index contributed by atoms with van der Waals surface area (Å²) in [7, 11) is 0. The van der Waals surface area contributed by atoms with E-state index >= 15 is 0 Å². The Balaban J connectivity index is 1.74. The Kier molecular flexibility index (Phi) is 4.25. The molecule has 1 heterocycles. The Hall–Kier alpha value is -0.0900. The van der Waals surface area contributed by atoms with Crippen LogP contribution in [0.15, 0.2) is 12.1 Å². The molecule has 90 valence electrons. The van der Waals surface area contributed by atoms with Crippen molar-refractivity contribution in [3.8, 4) is 0 Å². The maximum Gasteiger partial charge on any atom is 0.0931 e. The molecule has 1 aromatic heterocycles. The number of nitrogens with one attached hydrogen (secondary N) is 1. The highest BCUT2D eigenvalue weighted by atomic mass is 35.5. The summed E-state index contributed by atoms with van der Waals surface area (Å²) in [6, 6.07) is 3.95. The predicted octanol–water partition coefficient (Wildman–Crippen LogP) is 3.19. The number of thiophene rings is 1. The second-order valence-electron chi connectivity index (χ2n) is 4.59. The standard InChI is InChI=1S/C12H18ClNOS/c13-11-5-4-10(16-11)8-14-9-12(15)6-2-1-3-7-12/h4-5,14-15H,1-3,6-9H2. The molecule has 16 heavy (non-hydrogen) atoms. The van der Waals surface area contributed by atoms with Crippen LogP contribution >= 0.6 is 22.9 Å². The summed E-state index contributed by atoms with van der Waals surface area (Å²) in [6.45, 7) is 1.50. The molecule has 0 atom stereocenters. The van der Waals surface area contributed by atoms with Crippen LogP contribution in [0.4, 0.5) is 0 Å². The van der Waals surface area contributed by atoms with E-state index in [0.29, 0.717) is 6.54 Å². The molecule has 1 fully saturated rings. The molecular weight excluding hydrogens is 242 g/mol. The molecule has 2 rings (SSSR count). The van der Waals surface area contributed by atoms with Gasteiger partial charge in [-0.25, -0.2) is 0 Å². The summed E-state index contributed by atoms with van der Waals surface area (Å²) < 4.78 is 0.827. The van der Waals surface area contributed by atoms with Crippen LogP contribution in [0.2, 0.25) is 4.34 Å². The van der Waals surface area contributed by atoms with Crippen LogP contribution in [0.1, 0.15) is 37.0 Å². The zero-order valence-electron chi connectivity index (χ0n) is 9.34. The van der Waals surface area contributed by atoms with Crippen LogP contribution in [0.5, 0.6) is 0 Å². The predicted molar refractivity (Wildman–Crippen MR) is 69.1 cm³/mol. The molecule has 1 saturated carbocycles. The molecule has 0 bridgehead atoms. The number of aliphatic hydroxyl groups is 1. The molecular formula is C12H18ClNOS. The molecule has 0 saturated heterocycles. The Morgan fingerprint density at radius 1 is 1.31 bits per heavy atom. The highest BCUT2D eigenvalue weighted by molar-refractivity contribution is 7.16. The number of rotatable bonds is 4. The van der Waals surface area contributed by atoms with Crippen LogP contribution < -0.4 is 5.32 Å². The molecule has 2 N–H and O–H groups in total. The van der Waals surface area contributed by atoms with Crippen molar-refractivity contribution >= 4 is 22.9 Å². The maximum absolute atomic E-state index is 10.3. The van der Waals surface area contributed by atoms with Crippen molar-refractivity contribution in [3.63, 3.8) is 0 Å². The van der Waals surface area contributed by atoms with E-state index in [2.05, 4.69) is 5.32 Å². The molecule has 2 nitrogen and oxygen atoms in total. The minimum Gasteiger partial charge on any atom is -0.389 e. The second kappa shape index (κ2) is 5.50. The molecule has 4 heteroatoms. The molecule has 0 aromatic carbocycles. The van der Waals surface area contributed by atoms with E-state index in [1.807, 2.05) is 12.1 Å². The van der Waals surface area contributed by atoms with Gasteiger partial charge in [-0.05, 0) is 25.0 Å². The fourth-order valence-corrected chi connectivity index (χ4v) is 3.31. The minimum atomic E-state index is -0.473. The van der Waals surface area contributed by atoms with Crippen LogP contribution in [0.25, 0.3) is 0 Å². The first-order valence-corrected chi connectivity index (χ1v) is 7.05. The summed E-state index contributed by atoms with van der Waals surface area (Å²) in [5.41, 5.74) is -0.473. The maximum atomic E-state index is 10.3. The third-order valence-electron chi connectivity index (χ3n) is 3.17. The van der Waals surface area contributed by atoms with Crippen molar-refractivity contribution in [1.29, 1.82) is 0 Å². The van der Waals surface area contributed by atoms with Crippen molar-refractivity contribution in [3.05, 3.63) is 21.3 Å². The molecule has 1 aromatic rings. The summed E-state index contributed by atoms with van der Waals surface area (Å²) in [5.74, 6) is 0. The zero-order valence-corrected chi connectivity index (χ0v) is 10.9.